The number of benzene rings is 8. The van der Waals surface area contributed by atoms with Gasteiger partial charge in [0.05, 0.1) is 16.8 Å². The van der Waals surface area contributed by atoms with Gasteiger partial charge in [-0.2, -0.15) is 0 Å². The predicted octanol–water partition coefficient (Wildman–Crippen LogP) is 14.0. The maximum atomic E-state index is 5.44. The van der Waals surface area contributed by atoms with Crippen molar-refractivity contribution < 1.29 is 0 Å². The van der Waals surface area contributed by atoms with Gasteiger partial charge in [-0.15, -0.1) is 0 Å². The summed E-state index contributed by atoms with van der Waals surface area (Å²) in [5, 5.41) is 2.38. The highest BCUT2D eigenvalue weighted by molar-refractivity contribution is 6.14. The van der Waals surface area contributed by atoms with Gasteiger partial charge >= 0.3 is 0 Å². The summed E-state index contributed by atoms with van der Waals surface area (Å²) in [7, 11) is 0. The number of rotatable bonds is 4. The standard InChI is InChI=1S/C57H44N2/c1-56(2)49-28-13-14-29-51(49)57(47-26-11-9-23-43(47)44-24-10-12-27-48(44)57)52-37-42(34-35-50(52)56)41-33-32-38-22-17-25-45(46(38)36-41)54-31-16-15-30-53(39-18-5-3-6-19-39)58-55(59-54)40-20-7-4-8-21-40/h3-14,17-29,31-37H,15-16,30H2,1-2H3/b54-31-,58-53-,59-55-. The SMILES string of the molecule is CC1(C)c2ccccc2C2(c3ccccc3-c3ccccc32)c2cc(-c3ccc4cccc(C5=C/CCC/C(c6ccccc6)=N/C(c6ccccc6)=N\5)c4c3)ccc21. The fraction of sp³-hybridized carbons (Fsp3) is 0.123. The Kier molecular flexibility index (Phi) is 8.30. The van der Waals surface area contributed by atoms with Crippen LogP contribution in [0, 0.1) is 0 Å². The van der Waals surface area contributed by atoms with Crippen LogP contribution in [0.15, 0.2) is 204 Å². The van der Waals surface area contributed by atoms with Crippen LogP contribution >= 0.6 is 0 Å². The Hall–Kier alpha value is -6.90. The fourth-order valence-corrected chi connectivity index (χ4v) is 10.3. The summed E-state index contributed by atoms with van der Waals surface area (Å²) < 4.78 is 0. The first-order chi connectivity index (χ1) is 29.0. The quantitative estimate of drug-likeness (QED) is 0.171. The van der Waals surface area contributed by atoms with E-state index >= 15 is 0 Å². The second-order valence-electron chi connectivity index (χ2n) is 16.7. The molecule has 8 aromatic carbocycles. The van der Waals surface area contributed by atoms with Gasteiger partial charge in [-0.1, -0.05) is 196 Å². The molecule has 0 unspecified atom stereocenters. The van der Waals surface area contributed by atoms with Gasteiger partial charge in [0.2, 0.25) is 0 Å². The molecule has 2 aliphatic carbocycles. The lowest BCUT2D eigenvalue weighted by atomic mass is 9.55. The molecule has 2 nitrogen and oxygen atoms in total. The van der Waals surface area contributed by atoms with Crippen molar-refractivity contribution in [3.8, 4) is 22.3 Å². The molecule has 0 N–H and O–H groups in total. The van der Waals surface area contributed by atoms with Crippen LogP contribution in [-0.4, -0.2) is 11.5 Å². The number of aliphatic imine (C=N–C) groups is 2. The zero-order chi connectivity index (χ0) is 39.6. The third-order valence-corrected chi connectivity index (χ3v) is 13.1. The summed E-state index contributed by atoms with van der Waals surface area (Å²) in [6, 6.07) is 69.2. The molecule has 3 aliphatic rings. The van der Waals surface area contributed by atoms with Gasteiger partial charge in [-0.25, -0.2) is 9.98 Å². The van der Waals surface area contributed by atoms with Gasteiger partial charge in [0.15, 0.2) is 5.84 Å². The molecular weight excluding hydrogens is 713 g/mol. The average Bonchev–Trinajstić information content (AvgIpc) is 3.64. The van der Waals surface area contributed by atoms with E-state index in [1.165, 1.54) is 66.4 Å². The first-order valence-electron chi connectivity index (χ1n) is 21.0. The minimum Gasteiger partial charge on any atom is -0.233 e. The van der Waals surface area contributed by atoms with Crippen molar-refractivity contribution in [3.05, 3.63) is 244 Å². The van der Waals surface area contributed by atoms with Crippen LogP contribution < -0.4 is 0 Å². The molecule has 0 atom stereocenters. The molecule has 0 radical (unpaired) electrons. The van der Waals surface area contributed by atoms with Gasteiger partial charge in [-0.3, -0.25) is 0 Å². The van der Waals surface area contributed by atoms with E-state index in [-0.39, 0.29) is 5.41 Å². The van der Waals surface area contributed by atoms with Gasteiger partial charge in [0.25, 0.3) is 0 Å². The van der Waals surface area contributed by atoms with Crippen molar-refractivity contribution in [2.75, 3.05) is 0 Å². The molecule has 11 rings (SSSR count). The molecule has 1 aliphatic heterocycles. The smallest absolute Gasteiger partial charge is 0.160 e. The lowest BCUT2D eigenvalue weighted by Gasteiger charge is -2.46. The van der Waals surface area contributed by atoms with Crippen LogP contribution in [0.2, 0.25) is 0 Å². The number of hydrogen-bond acceptors (Lipinski definition) is 2. The molecule has 0 saturated carbocycles. The van der Waals surface area contributed by atoms with Crippen molar-refractivity contribution >= 4 is 28.0 Å². The number of amidine groups is 1. The van der Waals surface area contributed by atoms with E-state index in [0.29, 0.717) is 0 Å². The molecule has 282 valence electrons. The summed E-state index contributed by atoms with van der Waals surface area (Å²) >= 11 is 0. The lowest BCUT2D eigenvalue weighted by Crippen LogP contribution is -2.40. The Labute approximate surface area is 347 Å². The molecular formula is C57H44N2. The summed E-state index contributed by atoms with van der Waals surface area (Å²) in [5.74, 6) is 0.741. The van der Waals surface area contributed by atoms with Crippen LogP contribution in [-0.2, 0) is 10.8 Å². The normalized spacial score (nSPS) is 18.6. The fourth-order valence-electron chi connectivity index (χ4n) is 10.3. The molecule has 59 heavy (non-hydrogen) atoms. The second kappa shape index (κ2) is 13.9. The van der Waals surface area contributed by atoms with E-state index in [1.54, 1.807) is 0 Å². The average molecular weight is 757 g/mol. The van der Waals surface area contributed by atoms with Gasteiger partial charge in [0.1, 0.15) is 0 Å². The highest BCUT2D eigenvalue weighted by atomic mass is 14.9. The Morgan fingerprint density at radius 1 is 0.424 bits per heavy atom. The van der Waals surface area contributed by atoms with Gasteiger partial charge in [0, 0.05) is 16.5 Å². The van der Waals surface area contributed by atoms with Crippen molar-refractivity contribution in [3.63, 3.8) is 0 Å². The molecule has 0 bridgehead atoms. The third-order valence-electron chi connectivity index (χ3n) is 13.1. The Bertz CT molecular complexity index is 2990. The number of hydrogen-bond donors (Lipinski definition) is 0. The van der Waals surface area contributed by atoms with E-state index in [9.17, 15) is 0 Å². The largest absolute Gasteiger partial charge is 0.233 e. The highest BCUT2D eigenvalue weighted by Gasteiger charge is 2.53. The molecule has 1 spiro atoms. The predicted molar refractivity (Wildman–Crippen MR) is 247 cm³/mol. The molecule has 8 aromatic rings. The van der Waals surface area contributed by atoms with E-state index in [1.807, 2.05) is 0 Å². The summed E-state index contributed by atoms with van der Waals surface area (Å²) in [6.45, 7) is 4.79. The maximum absolute atomic E-state index is 5.44. The molecule has 0 amide bonds. The Balaban J connectivity index is 1.10. The zero-order valence-corrected chi connectivity index (χ0v) is 33.5. The highest BCUT2D eigenvalue weighted by Crippen LogP contribution is 2.62. The maximum Gasteiger partial charge on any atom is 0.160 e. The molecule has 1 heterocycles. The van der Waals surface area contributed by atoms with Gasteiger partial charge in [-0.05, 0) is 103 Å². The van der Waals surface area contributed by atoms with Crippen LogP contribution in [0.25, 0.3) is 38.7 Å². The van der Waals surface area contributed by atoms with Crippen molar-refractivity contribution in [2.24, 2.45) is 9.98 Å². The number of nitrogens with zero attached hydrogens (tertiary/aromatic N) is 2. The first-order valence-corrected chi connectivity index (χ1v) is 21.0. The third kappa shape index (κ3) is 5.54. The second-order valence-corrected chi connectivity index (χ2v) is 16.7. The summed E-state index contributed by atoms with van der Waals surface area (Å²) in [6.07, 6.45) is 5.11. The van der Waals surface area contributed by atoms with Crippen LogP contribution in [0.1, 0.15) is 83.2 Å². The lowest BCUT2D eigenvalue weighted by molar-refractivity contribution is 0.563. The van der Waals surface area contributed by atoms with E-state index in [2.05, 4.69) is 208 Å². The van der Waals surface area contributed by atoms with Crippen molar-refractivity contribution in [1.29, 1.82) is 0 Å². The Morgan fingerprint density at radius 3 is 1.73 bits per heavy atom. The van der Waals surface area contributed by atoms with Crippen LogP contribution in [0.3, 0.4) is 0 Å². The van der Waals surface area contributed by atoms with E-state index in [0.717, 1.165) is 53.2 Å². The molecule has 0 saturated heterocycles. The van der Waals surface area contributed by atoms with Crippen molar-refractivity contribution in [2.45, 2.75) is 43.9 Å². The van der Waals surface area contributed by atoms with Gasteiger partial charge < -0.3 is 0 Å². The number of fused-ring (bicyclic) bond motifs is 10. The minimum absolute atomic E-state index is 0.181. The first kappa shape index (κ1) is 35.3. The van der Waals surface area contributed by atoms with Crippen LogP contribution in [0.4, 0.5) is 0 Å². The topological polar surface area (TPSA) is 24.7 Å². The molecule has 0 fully saturated rings. The zero-order valence-electron chi connectivity index (χ0n) is 33.5. The van der Waals surface area contributed by atoms with Crippen molar-refractivity contribution in [1.82, 2.24) is 0 Å². The molecule has 0 aromatic heterocycles. The summed E-state index contributed by atoms with van der Waals surface area (Å²) in [4.78, 5) is 10.8. The monoisotopic (exact) mass is 756 g/mol. The van der Waals surface area contributed by atoms with Crippen LogP contribution in [0.5, 0.6) is 0 Å². The Morgan fingerprint density at radius 2 is 1.00 bits per heavy atom. The van der Waals surface area contributed by atoms with E-state index < -0.39 is 5.41 Å². The molecule has 2 heteroatoms. The minimum atomic E-state index is -0.434. The number of allylic oxidation sites excluding steroid dienone is 1. The van der Waals surface area contributed by atoms with E-state index in [4.69, 9.17) is 9.98 Å². The summed E-state index contributed by atoms with van der Waals surface area (Å²) in [5.41, 5.74) is 18.0.